The van der Waals surface area contributed by atoms with Gasteiger partial charge in [-0.05, 0) is 31.2 Å². The molecule has 4 rings (SSSR count). The molecule has 0 aliphatic heterocycles. The van der Waals surface area contributed by atoms with Crippen LogP contribution in [0.3, 0.4) is 0 Å². The van der Waals surface area contributed by atoms with Gasteiger partial charge in [0.2, 0.25) is 11.7 Å². The topological polar surface area (TPSA) is 94.0 Å². The molecule has 134 valence electrons. The Balaban J connectivity index is 1.21. The van der Waals surface area contributed by atoms with Gasteiger partial charge in [-0.3, -0.25) is 0 Å². The molecule has 0 aliphatic carbocycles. The molecule has 0 spiro atoms. The highest BCUT2D eigenvalue weighted by molar-refractivity contribution is 7.13. The highest BCUT2D eigenvalue weighted by atomic mass is 32.1. The minimum atomic E-state index is 0.616. The molecule has 9 heteroatoms. The molecule has 0 fully saturated rings. The van der Waals surface area contributed by atoms with E-state index in [1.165, 1.54) is 6.33 Å². The normalized spacial score (nSPS) is 11.3. The van der Waals surface area contributed by atoms with Crippen LogP contribution in [0.5, 0.6) is 0 Å². The van der Waals surface area contributed by atoms with Gasteiger partial charge in [-0.15, -0.1) is 11.3 Å². The lowest BCUT2D eigenvalue weighted by atomic mass is 10.2. The Morgan fingerprint density at radius 1 is 1.23 bits per heavy atom. The van der Waals surface area contributed by atoms with Gasteiger partial charge >= 0.3 is 0 Å². The number of aryl methyl sites for hydroxylation is 2. The van der Waals surface area contributed by atoms with E-state index in [9.17, 15) is 0 Å². The number of nitrogens with one attached hydrogen (secondary N) is 1. The van der Waals surface area contributed by atoms with Gasteiger partial charge in [0.05, 0.1) is 4.88 Å². The van der Waals surface area contributed by atoms with Gasteiger partial charge in [-0.2, -0.15) is 19.6 Å². The monoisotopic (exact) mass is 369 g/mol. The minimum Gasteiger partial charge on any atom is -0.370 e. The zero-order valence-corrected chi connectivity index (χ0v) is 15.2. The van der Waals surface area contributed by atoms with Gasteiger partial charge in [-0.25, -0.2) is 4.98 Å². The summed E-state index contributed by atoms with van der Waals surface area (Å²) in [5.74, 6) is 2.92. The van der Waals surface area contributed by atoms with Crippen LogP contribution in [-0.2, 0) is 6.42 Å². The standard InChI is InChI=1S/C17H19N7OS/c1-12-10-14(24-17(21-12)19-11-20-24)18-8-4-2-3-7-15-22-16(23-25-15)13-6-5-9-26-13/h5-6,9-11,18H,2-4,7-8H2,1H3. The molecule has 0 amide bonds. The number of nitrogens with zero attached hydrogens (tertiary/aromatic N) is 6. The molecule has 0 aromatic carbocycles. The number of unbranched alkanes of at least 4 members (excludes halogenated alkanes) is 2. The molecule has 26 heavy (non-hydrogen) atoms. The van der Waals surface area contributed by atoms with Crippen LogP contribution in [0.15, 0.2) is 34.4 Å². The SMILES string of the molecule is Cc1cc(NCCCCCc2nc(-c3cccs3)no2)n2ncnc2n1. The average Bonchev–Trinajstić information content (AvgIpc) is 3.38. The van der Waals surface area contributed by atoms with Crippen LogP contribution in [0.2, 0.25) is 0 Å². The number of fused-ring (bicyclic) bond motifs is 1. The van der Waals surface area contributed by atoms with Crippen LogP contribution in [0.25, 0.3) is 16.5 Å². The first kappa shape index (κ1) is 16.6. The van der Waals surface area contributed by atoms with Crippen molar-refractivity contribution in [3.05, 3.63) is 41.5 Å². The van der Waals surface area contributed by atoms with Gasteiger partial charge in [0.25, 0.3) is 5.78 Å². The molecule has 1 N–H and O–H groups in total. The van der Waals surface area contributed by atoms with Crippen LogP contribution < -0.4 is 5.32 Å². The quantitative estimate of drug-likeness (QED) is 0.476. The Labute approximate surface area is 154 Å². The molecular weight excluding hydrogens is 350 g/mol. The fourth-order valence-corrected chi connectivity index (χ4v) is 3.36. The summed E-state index contributed by atoms with van der Waals surface area (Å²) >= 11 is 1.62. The fraction of sp³-hybridized carbons (Fsp3) is 0.353. The van der Waals surface area contributed by atoms with Gasteiger partial charge in [-0.1, -0.05) is 17.6 Å². The highest BCUT2D eigenvalue weighted by Gasteiger charge is 2.09. The van der Waals surface area contributed by atoms with E-state index in [0.717, 1.165) is 48.6 Å². The number of hydrogen-bond acceptors (Lipinski definition) is 8. The molecule has 4 aromatic heterocycles. The van der Waals surface area contributed by atoms with Crippen LogP contribution >= 0.6 is 11.3 Å². The van der Waals surface area contributed by atoms with E-state index in [1.807, 2.05) is 30.5 Å². The summed E-state index contributed by atoms with van der Waals surface area (Å²) in [6.45, 7) is 2.82. The van der Waals surface area contributed by atoms with Gasteiger partial charge in [0, 0.05) is 24.7 Å². The Hall–Kier alpha value is -2.81. The van der Waals surface area contributed by atoms with Crippen molar-refractivity contribution in [3.63, 3.8) is 0 Å². The van der Waals surface area contributed by atoms with E-state index in [4.69, 9.17) is 4.52 Å². The number of aromatic nitrogens is 6. The minimum absolute atomic E-state index is 0.616. The fourth-order valence-electron chi connectivity index (χ4n) is 2.71. The van der Waals surface area contributed by atoms with Crippen molar-refractivity contribution in [1.82, 2.24) is 29.7 Å². The third-order valence-corrected chi connectivity index (χ3v) is 4.83. The lowest BCUT2D eigenvalue weighted by Gasteiger charge is -2.08. The van der Waals surface area contributed by atoms with Crippen LogP contribution in [0.4, 0.5) is 5.82 Å². The number of anilines is 1. The van der Waals surface area contributed by atoms with E-state index in [1.54, 1.807) is 15.9 Å². The van der Waals surface area contributed by atoms with E-state index >= 15 is 0 Å². The van der Waals surface area contributed by atoms with Crippen LogP contribution in [0, 0.1) is 6.92 Å². The maximum absolute atomic E-state index is 5.32. The zero-order valence-electron chi connectivity index (χ0n) is 14.4. The van der Waals surface area contributed by atoms with Crippen molar-refractivity contribution < 1.29 is 4.52 Å². The third kappa shape index (κ3) is 3.72. The van der Waals surface area contributed by atoms with E-state index < -0.39 is 0 Å². The zero-order chi connectivity index (χ0) is 17.8. The average molecular weight is 369 g/mol. The molecular formula is C17H19N7OS. The summed E-state index contributed by atoms with van der Waals surface area (Å²) in [4.78, 5) is 14.0. The number of hydrogen-bond donors (Lipinski definition) is 1. The molecule has 8 nitrogen and oxygen atoms in total. The highest BCUT2D eigenvalue weighted by Crippen LogP contribution is 2.21. The largest absolute Gasteiger partial charge is 0.370 e. The Bertz CT molecular complexity index is 976. The molecule has 0 aliphatic rings. The maximum Gasteiger partial charge on any atom is 0.254 e. The lowest BCUT2D eigenvalue weighted by molar-refractivity contribution is 0.374. The van der Waals surface area contributed by atoms with Crippen molar-refractivity contribution >= 4 is 22.9 Å². The first-order valence-corrected chi connectivity index (χ1v) is 9.45. The molecule has 4 heterocycles. The first-order chi connectivity index (χ1) is 12.8. The second kappa shape index (κ2) is 7.61. The summed E-state index contributed by atoms with van der Waals surface area (Å²) in [5, 5.41) is 13.6. The smallest absolute Gasteiger partial charge is 0.254 e. The molecule has 0 saturated heterocycles. The van der Waals surface area contributed by atoms with Crippen molar-refractivity contribution in [3.8, 4) is 10.7 Å². The summed E-state index contributed by atoms with van der Waals surface area (Å²) in [5.41, 5.74) is 0.922. The predicted molar refractivity (Wildman–Crippen MR) is 99.2 cm³/mol. The van der Waals surface area contributed by atoms with Crippen LogP contribution in [-0.4, -0.2) is 36.3 Å². The molecule has 0 unspecified atom stereocenters. The predicted octanol–water partition coefficient (Wildman–Crippen LogP) is 3.37. The maximum atomic E-state index is 5.32. The van der Waals surface area contributed by atoms with Gasteiger partial charge < -0.3 is 9.84 Å². The van der Waals surface area contributed by atoms with E-state index in [0.29, 0.717) is 17.5 Å². The summed E-state index contributed by atoms with van der Waals surface area (Å²) in [6, 6.07) is 5.96. The molecule has 0 radical (unpaired) electrons. The second-order valence-electron chi connectivity index (χ2n) is 5.98. The Morgan fingerprint density at radius 2 is 2.19 bits per heavy atom. The van der Waals surface area contributed by atoms with Crippen LogP contribution in [0.1, 0.15) is 30.8 Å². The summed E-state index contributed by atoms with van der Waals surface area (Å²) in [6.07, 6.45) is 5.46. The van der Waals surface area contributed by atoms with Gasteiger partial charge in [0.1, 0.15) is 12.1 Å². The summed E-state index contributed by atoms with van der Waals surface area (Å²) < 4.78 is 7.04. The van der Waals surface area contributed by atoms with E-state index in [2.05, 4.69) is 30.5 Å². The lowest BCUT2D eigenvalue weighted by Crippen LogP contribution is -2.08. The third-order valence-electron chi connectivity index (χ3n) is 3.96. The van der Waals surface area contributed by atoms with Crippen molar-refractivity contribution in [1.29, 1.82) is 0 Å². The van der Waals surface area contributed by atoms with Crippen molar-refractivity contribution in [2.24, 2.45) is 0 Å². The molecule has 0 bridgehead atoms. The first-order valence-electron chi connectivity index (χ1n) is 8.57. The van der Waals surface area contributed by atoms with Crippen molar-refractivity contribution in [2.75, 3.05) is 11.9 Å². The number of thiophene rings is 1. The molecule has 0 atom stereocenters. The number of rotatable bonds is 8. The Morgan fingerprint density at radius 3 is 3.08 bits per heavy atom. The summed E-state index contributed by atoms with van der Waals surface area (Å²) in [7, 11) is 0. The molecule has 0 saturated carbocycles. The van der Waals surface area contributed by atoms with Gasteiger partial charge in [0.15, 0.2) is 0 Å². The second-order valence-corrected chi connectivity index (χ2v) is 6.93. The Kier molecular flexibility index (Phi) is 4.87. The van der Waals surface area contributed by atoms with Crippen molar-refractivity contribution in [2.45, 2.75) is 32.6 Å². The molecule has 4 aromatic rings. The van der Waals surface area contributed by atoms with E-state index in [-0.39, 0.29) is 0 Å².